The Balaban J connectivity index is 1.53. The summed E-state index contributed by atoms with van der Waals surface area (Å²) in [6.07, 6.45) is 3.45. The molecule has 8 nitrogen and oxygen atoms in total. The monoisotopic (exact) mass is 338 g/mol. The number of hydrogen-bond donors (Lipinski definition) is 2. The van der Waals surface area contributed by atoms with Crippen LogP contribution in [0.4, 0.5) is 0 Å². The van der Waals surface area contributed by atoms with Gasteiger partial charge in [-0.15, -0.1) is 20.4 Å². The molecule has 2 N–H and O–H groups in total. The minimum absolute atomic E-state index is 0.0323. The Hall–Kier alpha value is -1.94. The summed E-state index contributed by atoms with van der Waals surface area (Å²) in [7, 11) is 0. The van der Waals surface area contributed by atoms with Gasteiger partial charge in [0.2, 0.25) is 10.0 Å². The Morgan fingerprint density at radius 3 is 1.86 bits per heavy atom. The van der Waals surface area contributed by atoms with Crippen molar-refractivity contribution < 1.29 is 9.59 Å². The van der Waals surface area contributed by atoms with E-state index in [0.29, 0.717) is 16.4 Å². The lowest BCUT2D eigenvalue weighted by molar-refractivity contribution is 0.0902. The SMILES string of the molecule is O=C(NC1CCCC(NC(=O)c2nncs2)C1)c1nncs1. The Labute approximate surface area is 134 Å². The van der Waals surface area contributed by atoms with Gasteiger partial charge in [-0.2, -0.15) is 0 Å². The second-order valence-corrected chi connectivity index (χ2v) is 6.66. The molecule has 1 aliphatic rings. The highest BCUT2D eigenvalue weighted by molar-refractivity contribution is 7.11. The van der Waals surface area contributed by atoms with Crippen molar-refractivity contribution in [2.75, 3.05) is 0 Å². The van der Waals surface area contributed by atoms with Crippen molar-refractivity contribution in [3.05, 3.63) is 21.0 Å². The second kappa shape index (κ2) is 6.88. The molecule has 2 heterocycles. The quantitative estimate of drug-likeness (QED) is 0.855. The lowest BCUT2D eigenvalue weighted by atomic mass is 9.91. The molecule has 0 spiro atoms. The number of nitrogens with zero attached hydrogens (tertiary/aromatic N) is 4. The molecule has 2 aromatic heterocycles. The first-order valence-corrected chi connectivity index (χ1v) is 8.62. The molecule has 116 valence electrons. The maximum absolute atomic E-state index is 12.0. The van der Waals surface area contributed by atoms with E-state index in [1.54, 1.807) is 0 Å². The van der Waals surface area contributed by atoms with E-state index >= 15 is 0 Å². The third-order valence-corrected chi connectivity index (χ3v) is 4.83. The van der Waals surface area contributed by atoms with Crippen molar-refractivity contribution in [2.24, 2.45) is 0 Å². The van der Waals surface area contributed by atoms with Crippen LogP contribution in [-0.4, -0.2) is 44.3 Å². The minimum Gasteiger partial charge on any atom is -0.347 e. The number of carbonyl (C=O) groups is 2. The van der Waals surface area contributed by atoms with Crippen LogP contribution in [0.3, 0.4) is 0 Å². The molecule has 2 amide bonds. The molecular weight excluding hydrogens is 324 g/mol. The van der Waals surface area contributed by atoms with Crippen molar-refractivity contribution in [1.29, 1.82) is 0 Å². The van der Waals surface area contributed by atoms with E-state index < -0.39 is 0 Å². The minimum atomic E-state index is -0.205. The van der Waals surface area contributed by atoms with Crippen molar-refractivity contribution in [1.82, 2.24) is 31.0 Å². The molecule has 0 bridgehead atoms. The van der Waals surface area contributed by atoms with E-state index in [0.717, 1.165) is 19.3 Å². The standard InChI is InChI=1S/C12H14N6O2S2/c19-9(11-17-13-5-21-11)15-7-2-1-3-8(4-7)16-10(20)12-18-14-6-22-12/h5-8H,1-4H2,(H,15,19)(H,16,20). The molecule has 0 aromatic carbocycles. The van der Waals surface area contributed by atoms with Gasteiger partial charge in [0, 0.05) is 12.1 Å². The smallest absolute Gasteiger partial charge is 0.282 e. The fraction of sp³-hybridized carbons (Fsp3) is 0.500. The van der Waals surface area contributed by atoms with Crippen LogP contribution < -0.4 is 10.6 Å². The number of hydrogen-bond acceptors (Lipinski definition) is 8. The molecule has 1 saturated carbocycles. The van der Waals surface area contributed by atoms with Crippen LogP contribution in [0, 0.1) is 0 Å². The van der Waals surface area contributed by atoms with Gasteiger partial charge in [0.1, 0.15) is 11.0 Å². The van der Waals surface area contributed by atoms with E-state index in [-0.39, 0.29) is 23.9 Å². The Morgan fingerprint density at radius 1 is 0.955 bits per heavy atom. The maximum Gasteiger partial charge on any atom is 0.282 e. The number of nitrogens with one attached hydrogen (secondary N) is 2. The van der Waals surface area contributed by atoms with Gasteiger partial charge in [0.25, 0.3) is 11.8 Å². The van der Waals surface area contributed by atoms with Gasteiger partial charge in [0.05, 0.1) is 0 Å². The van der Waals surface area contributed by atoms with Crippen molar-refractivity contribution in [3.63, 3.8) is 0 Å². The number of rotatable bonds is 4. The first-order chi connectivity index (χ1) is 10.7. The highest BCUT2D eigenvalue weighted by atomic mass is 32.1. The van der Waals surface area contributed by atoms with Crippen molar-refractivity contribution in [2.45, 2.75) is 37.8 Å². The molecular formula is C12H14N6O2S2. The zero-order valence-corrected chi connectivity index (χ0v) is 13.2. The molecule has 1 fully saturated rings. The van der Waals surface area contributed by atoms with E-state index in [2.05, 4.69) is 31.0 Å². The normalized spacial score (nSPS) is 21.3. The lowest BCUT2D eigenvalue weighted by Gasteiger charge is -2.29. The summed E-state index contributed by atoms with van der Waals surface area (Å²) in [5.74, 6) is -0.410. The molecule has 0 radical (unpaired) electrons. The first kappa shape index (κ1) is 15.0. The summed E-state index contributed by atoms with van der Waals surface area (Å²) in [6, 6.07) is 0.0646. The van der Waals surface area contributed by atoms with E-state index in [9.17, 15) is 9.59 Å². The van der Waals surface area contributed by atoms with Gasteiger partial charge in [-0.25, -0.2) is 0 Å². The summed E-state index contributed by atoms with van der Waals surface area (Å²) in [5.41, 5.74) is 3.06. The van der Waals surface area contributed by atoms with Gasteiger partial charge in [-0.05, 0) is 25.7 Å². The second-order valence-electron chi connectivity index (χ2n) is 5.00. The summed E-state index contributed by atoms with van der Waals surface area (Å²) in [6.45, 7) is 0. The van der Waals surface area contributed by atoms with Crippen LogP contribution in [0.15, 0.2) is 11.0 Å². The van der Waals surface area contributed by atoms with E-state index in [1.165, 1.54) is 33.7 Å². The number of aromatic nitrogens is 4. The summed E-state index contributed by atoms with van der Waals surface area (Å²) < 4.78 is 0. The zero-order chi connectivity index (χ0) is 15.4. The predicted octanol–water partition coefficient (Wildman–Crippen LogP) is 0.861. The lowest BCUT2D eigenvalue weighted by Crippen LogP contribution is -2.45. The third kappa shape index (κ3) is 3.63. The zero-order valence-electron chi connectivity index (χ0n) is 11.6. The Bertz CT molecular complexity index is 576. The van der Waals surface area contributed by atoms with Gasteiger partial charge in [-0.1, -0.05) is 22.7 Å². The van der Waals surface area contributed by atoms with Crippen LogP contribution in [0.5, 0.6) is 0 Å². The maximum atomic E-state index is 12.0. The fourth-order valence-corrected chi connectivity index (χ4v) is 3.40. The van der Waals surface area contributed by atoms with Gasteiger partial charge >= 0.3 is 0 Å². The highest BCUT2D eigenvalue weighted by Gasteiger charge is 2.26. The van der Waals surface area contributed by atoms with Crippen LogP contribution in [-0.2, 0) is 0 Å². The number of amides is 2. The Morgan fingerprint density at radius 2 is 1.45 bits per heavy atom. The molecule has 2 atom stereocenters. The van der Waals surface area contributed by atoms with Crippen LogP contribution in [0.1, 0.15) is 45.3 Å². The van der Waals surface area contributed by atoms with Gasteiger partial charge in [-0.3, -0.25) is 9.59 Å². The molecule has 2 unspecified atom stereocenters. The van der Waals surface area contributed by atoms with E-state index in [1.807, 2.05) is 0 Å². The molecule has 22 heavy (non-hydrogen) atoms. The van der Waals surface area contributed by atoms with Crippen LogP contribution in [0.2, 0.25) is 0 Å². The molecule has 2 aromatic rings. The fourth-order valence-electron chi connectivity index (χ4n) is 2.49. The van der Waals surface area contributed by atoms with Gasteiger partial charge in [0.15, 0.2) is 0 Å². The molecule has 1 aliphatic carbocycles. The third-order valence-electron chi connectivity index (χ3n) is 3.45. The first-order valence-electron chi connectivity index (χ1n) is 6.86. The van der Waals surface area contributed by atoms with Gasteiger partial charge < -0.3 is 10.6 Å². The average molecular weight is 338 g/mol. The van der Waals surface area contributed by atoms with Crippen molar-refractivity contribution in [3.8, 4) is 0 Å². The average Bonchev–Trinajstić information content (AvgIpc) is 3.21. The summed E-state index contributed by atoms with van der Waals surface area (Å²) >= 11 is 2.42. The largest absolute Gasteiger partial charge is 0.347 e. The molecule has 3 rings (SSSR count). The van der Waals surface area contributed by atoms with Crippen molar-refractivity contribution >= 4 is 34.5 Å². The van der Waals surface area contributed by atoms with E-state index in [4.69, 9.17) is 0 Å². The van der Waals surface area contributed by atoms with Crippen LogP contribution in [0.25, 0.3) is 0 Å². The Kier molecular flexibility index (Phi) is 4.68. The van der Waals surface area contributed by atoms with Crippen LogP contribution >= 0.6 is 22.7 Å². The molecule has 10 heteroatoms. The molecule has 0 aliphatic heterocycles. The summed E-state index contributed by atoms with van der Waals surface area (Å²) in [4.78, 5) is 24.0. The topological polar surface area (TPSA) is 110 Å². The highest BCUT2D eigenvalue weighted by Crippen LogP contribution is 2.20. The number of carbonyl (C=O) groups excluding carboxylic acids is 2. The summed E-state index contributed by atoms with van der Waals surface area (Å²) in [5, 5.41) is 21.5. The molecule has 0 saturated heterocycles. The predicted molar refractivity (Wildman–Crippen MR) is 80.8 cm³/mol.